The largest absolute Gasteiger partial charge is 0.279 e. The van der Waals surface area contributed by atoms with Gasteiger partial charge in [0, 0.05) is 5.25 Å². The predicted octanol–water partition coefficient (Wildman–Crippen LogP) is 2.63. The summed E-state index contributed by atoms with van der Waals surface area (Å²) in [5.74, 6) is 0. The fraction of sp³-hybridized carbons (Fsp3) is 0.667. The van der Waals surface area contributed by atoms with Crippen molar-refractivity contribution >= 4 is 16.8 Å². The molecule has 1 aliphatic carbocycles. The third kappa shape index (κ3) is 1.36. The minimum atomic E-state index is 0.616. The molecule has 2 atom stereocenters. The fourth-order valence-electron chi connectivity index (χ4n) is 1.81. The molecular weight excluding hydrogens is 154 g/mol. The van der Waals surface area contributed by atoms with Crippen molar-refractivity contribution < 1.29 is 0 Å². The van der Waals surface area contributed by atoms with Crippen molar-refractivity contribution in [2.45, 2.75) is 37.5 Å². The molecule has 1 fully saturated rings. The molecule has 0 aromatic carbocycles. The average Bonchev–Trinajstić information content (AvgIpc) is 2.27. The summed E-state index contributed by atoms with van der Waals surface area (Å²) < 4.78 is 0. The Labute approximate surface area is 72.0 Å². The Morgan fingerprint density at radius 3 is 3.27 bits per heavy atom. The molecule has 0 radical (unpaired) electrons. The lowest BCUT2D eigenvalue weighted by atomic mass is 9.92. The standard InChI is InChI=1S/C9H13NS/c1-6-3-4-8-9(5-6)11-7(2)10-8/h8-9H,1,3-5H2,2H3. The molecule has 0 N–H and O–H groups in total. The van der Waals surface area contributed by atoms with Gasteiger partial charge in [-0.15, -0.1) is 11.8 Å². The summed E-state index contributed by atoms with van der Waals surface area (Å²) in [5.41, 5.74) is 1.42. The maximum atomic E-state index is 4.58. The number of nitrogens with zero attached hydrogens (tertiary/aromatic N) is 1. The third-order valence-corrected chi connectivity index (χ3v) is 3.61. The first-order chi connectivity index (χ1) is 5.25. The zero-order chi connectivity index (χ0) is 7.84. The molecule has 2 rings (SSSR count). The maximum Gasteiger partial charge on any atom is 0.0652 e. The lowest BCUT2D eigenvalue weighted by Crippen LogP contribution is -2.22. The lowest BCUT2D eigenvalue weighted by Gasteiger charge is -2.23. The molecule has 2 unspecified atom stereocenters. The van der Waals surface area contributed by atoms with Gasteiger partial charge in [-0.1, -0.05) is 12.2 Å². The Morgan fingerprint density at radius 1 is 1.64 bits per heavy atom. The number of allylic oxidation sites excluding steroid dienone is 1. The highest BCUT2D eigenvalue weighted by atomic mass is 32.2. The molecule has 0 saturated heterocycles. The van der Waals surface area contributed by atoms with Gasteiger partial charge >= 0.3 is 0 Å². The molecule has 1 aliphatic heterocycles. The molecular formula is C9H13NS. The van der Waals surface area contributed by atoms with Crippen molar-refractivity contribution in [1.82, 2.24) is 0 Å². The van der Waals surface area contributed by atoms with Crippen molar-refractivity contribution in [3.8, 4) is 0 Å². The topological polar surface area (TPSA) is 12.4 Å². The van der Waals surface area contributed by atoms with Crippen LogP contribution >= 0.6 is 11.8 Å². The summed E-state index contributed by atoms with van der Waals surface area (Å²) in [6, 6.07) is 0.616. The van der Waals surface area contributed by atoms with Gasteiger partial charge in [0.1, 0.15) is 0 Å². The molecule has 1 heterocycles. The maximum absolute atomic E-state index is 4.58. The normalized spacial score (nSPS) is 36.8. The Balaban J connectivity index is 2.09. The first-order valence-electron chi connectivity index (χ1n) is 4.13. The van der Waals surface area contributed by atoms with E-state index in [1.54, 1.807) is 0 Å². The Kier molecular flexibility index (Phi) is 1.80. The summed E-state index contributed by atoms with van der Waals surface area (Å²) in [7, 11) is 0. The first-order valence-corrected chi connectivity index (χ1v) is 5.01. The fourth-order valence-corrected chi connectivity index (χ4v) is 3.12. The summed E-state index contributed by atoms with van der Waals surface area (Å²) in [4.78, 5) is 4.58. The van der Waals surface area contributed by atoms with E-state index in [-0.39, 0.29) is 0 Å². The van der Waals surface area contributed by atoms with Gasteiger partial charge in [0.15, 0.2) is 0 Å². The number of fused-ring (bicyclic) bond motifs is 1. The van der Waals surface area contributed by atoms with Crippen LogP contribution in [0.5, 0.6) is 0 Å². The zero-order valence-electron chi connectivity index (χ0n) is 6.84. The molecule has 0 bridgehead atoms. The molecule has 11 heavy (non-hydrogen) atoms. The molecule has 0 aromatic rings. The van der Waals surface area contributed by atoms with Gasteiger partial charge in [-0.3, -0.25) is 4.99 Å². The van der Waals surface area contributed by atoms with E-state index in [0.717, 1.165) is 5.25 Å². The zero-order valence-corrected chi connectivity index (χ0v) is 7.66. The molecule has 0 spiro atoms. The van der Waals surface area contributed by atoms with Gasteiger partial charge in [-0.2, -0.15) is 0 Å². The van der Waals surface area contributed by atoms with Gasteiger partial charge in [-0.05, 0) is 26.2 Å². The Morgan fingerprint density at radius 2 is 2.45 bits per heavy atom. The highest BCUT2D eigenvalue weighted by molar-refractivity contribution is 8.14. The van der Waals surface area contributed by atoms with Gasteiger partial charge in [-0.25, -0.2) is 0 Å². The molecule has 2 heteroatoms. The van der Waals surface area contributed by atoms with Crippen LogP contribution in [0.25, 0.3) is 0 Å². The summed E-state index contributed by atoms with van der Waals surface area (Å²) in [6.45, 7) is 6.15. The summed E-state index contributed by atoms with van der Waals surface area (Å²) in [5, 5.41) is 2.01. The van der Waals surface area contributed by atoms with Crippen LogP contribution < -0.4 is 0 Å². The average molecular weight is 167 g/mol. The second-order valence-corrected chi connectivity index (χ2v) is 4.80. The quantitative estimate of drug-likeness (QED) is 0.505. The predicted molar refractivity (Wildman–Crippen MR) is 51.3 cm³/mol. The smallest absolute Gasteiger partial charge is 0.0652 e. The van der Waals surface area contributed by atoms with Crippen LogP contribution in [0, 0.1) is 0 Å². The van der Waals surface area contributed by atoms with Crippen molar-refractivity contribution in [2.24, 2.45) is 4.99 Å². The van der Waals surface area contributed by atoms with Crippen LogP contribution in [-0.2, 0) is 0 Å². The van der Waals surface area contributed by atoms with Crippen LogP contribution in [-0.4, -0.2) is 16.3 Å². The second kappa shape index (κ2) is 2.67. The molecule has 2 aliphatic rings. The van der Waals surface area contributed by atoms with Crippen LogP contribution in [0.2, 0.25) is 0 Å². The number of hydrogen-bond donors (Lipinski definition) is 0. The van der Waals surface area contributed by atoms with Crippen molar-refractivity contribution in [2.75, 3.05) is 0 Å². The highest BCUT2D eigenvalue weighted by Gasteiger charge is 2.31. The number of thioether (sulfide) groups is 1. The summed E-state index contributed by atoms with van der Waals surface area (Å²) in [6.07, 6.45) is 3.61. The first kappa shape index (κ1) is 7.41. The van der Waals surface area contributed by atoms with E-state index in [2.05, 4.69) is 18.5 Å². The Bertz CT molecular complexity index is 220. The minimum Gasteiger partial charge on any atom is -0.279 e. The number of hydrogen-bond acceptors (Lipinski definition) is 2. The van der Waals surface area contributed by atoms with Gasteiger partial charge < -0.3 is 0 Å². The van der Waals surface area contributed by atoms with E-state index in [0.29, 0.717) is 6.04 Å². The molecule has 1 nitrogen and oxygen atoms in total. The minimum absolute atomic E-state index is 0.616. The van der Waals surface area contributed by atoms with Crippen LogP contribution in [0.15, 0.2) is 17.1 Å². The summed E-state index contributed by atoms with van der Waals surface area (Å²) >= 11 is 1.94. The highest BCUT2D eigenvalue weighted by Crippen LogP contribution is 2.38. The van der Waals surface area contributed by atoms with Crippen LogP contribution in [0.4, 0.5) is 0 Å². The lowest BCUT2D eigenvalue weighted by molar-refractivity contribution is 0.536. The van der Waals surface area contributed by atoms with Crippen molar-refractivity contribution in [1.29, 1.82) is 0 Å². The monoisotopic (exact) mass is 167 g/mol. The van der Waals surface area contributed by atoms with Gasteiger partial charge in [0.05, 0.1) is 11.1 Å². The molecule has 60 valence electrons. The van der Waals surface area contributed by atoms with Gasteiger partial charge in [0.2, 0.25) is 0 Å². The van der Waals surface area contributed by atoms with E-state index < -0.39 is 0 Å². The van der Waals surface area contributed by atoms with E-state index in [4.69, 9.17) is 0 Å². The molecule has 0 aromatic heterocycles. The number of aliphatic imine (C=N–C) groups is 1. The van der Waals surface area contributed by atoms with Crippen molar-refractivity contribution in [3.63, 3.8) is 0 Å². The SMILES string of the molecule is C=C1CCC2N=C(C)SC2C1. The Hall–Kier alpha value is -0.240. The van der Waals surface area contributed by atoms with E-state index in [1.165, 1.54) is 29.9 Å². The molecule has 0 amide bonds. The van der Waals surface area contributed by atoms with Crippen molar-refractivity contribution in [3.05, 3.63) is 12.2 Å². The van der Waals surface area contributed by atoms with E-state index in [1.807, 2.05) is 11.8 Å². The van der Waals surface area contributed by atoms with E-state index >= 15 is 0 Å². The van der Waals surface area contributed by atoms with Crippen LogP contribution in [0.3, 0.4) is 0 Å². The van der Waals surface area contributed by atoms with E-state index in [9.17, 15) is 0 Å². The third-order valence-electron chi connectivity index (χ3n) is 2.38. The number of rotatable bonds is 0. The van der Waals surface area contributed by atoms with Gasteiger partial charge in [0.25, 0.3) is 0 Å². The van der Waals surface area contributed by atoms with Crippen LogP contribution in [0.1, 0.15) is 26.2 Å². The molecule has 1 saturated carbocycles. The second-order valence-electron chi connectivity index (χ2n) is 3.36.